The maximum atomic E-state index is 13.4. The fraction of sp³-hybridized carbons (Fsp3) is 0.148. The molecular formula is C27H23N3O2S. The van der Waals surface area contributed by atoms with Crippen LogP contribution >= 0.6 is 11.3 Å². The molecular weight excluding hydrogens is 430 g/mol. The van der Waals surface area contributed by atoms with Crippen molar-refractivity contribution in [3.05, 3.63) is 118 Å². The minimum absolute atomic E-state index is 0.0217. The molecule has 6 heteroatoms. The van der Waals surface area contributed by atoms with Crippen molar-refractivity contribution < 1.29 is 9.59 Å². The fourth-order valence-corrected chi connectivity index (χ4v) is 5.18. The number of hydrogen-bond acceptors (Lipinski definition) is 4. The van der Waals surface area contributed by atoms with Crippen LogP contribution in [0.3, 0.4) is 0 Å². The van der Waals surface area contributed by atoms with E-state index >= 15 is 0 Å². The molecule has 0 saturated carbocycles. The fourth-order valence-electron chi connectivity index (χ4n) is 4.15. The van der Waals surface area contributed by atoms with E-state index in [0.29, 0.717) is 30.2 Å². The molecule has 2 amide bonds. The molecule has 0 bridgehead atoms. The number of carbonyl (C=O) groups is 2. The second kappa shape index (κ2) is 9.38. The molecule has 164 valence electrons. The van der Waals surface area contributed by atoms with Crippen molar-refractivity contribution in [2.45, 2.75) is 18.9 Å². The Morgan fingerprint density at radius 3 is 2.03 bits per heavy atom. The highest BCUT2D eigenvalue weighted by Crippen LogP contribution is 2.31. The van der Waals surface area contributed by atoms with Crippen LogP contribution in [0.25, 0.3) is 0 Å². The lowest BCUT2D eigenvalue weighted by Crippen LogP contribution is -2.35. The van der Waals surface area contributed by atoms with Crippen molar-refractivity contribution in [3.8, 4) is 0 Å². The number of hydrogen-bond donors (Lipinski definition) is 1. The second-order valence-electron chi connectivity index (χ2n) is 7.98. The van der Waals surface area contributed by atoms with Gasteiger partial charge in [0.1, 0.15) is 0 Å². The summed E-state index contributed by atoms with van der Waals surface area (Å²) in [5, 5.41) is 3.62. The lowest BCUT2D eigenvalue weighted by Gasteiger charge is -2.26. The average Bonchev–Trinajstić information content (AvgIpc) is 3.27. The van der Waals surface area contributed by atoms with E-state index in [1.54, 1.807) is 0 Å². The van der Waals surface area contributed by atoms with Crippen LogP contribution < -0.4 is 5.32 Å². The van der Waals surface area contributed by atoms with Gasteiger partial charge in [-0.2, -0.15) is 0 Å². The molecule has 0 spiro atoms. The lowest BCUT2D eigenvalue weighted by molar-refractivity contribution is -0.116. The molecule has 0 atom stereocenters. The van der Waals surface area contributed by atoms with Crippen LogP contribution in [-0.4, -0.2) is 28.2 Å². The number of benzene rings is 3. The molecule has 33 heavy (non-hydrogen) atoms. The van der Waals surface area contributed by atoms with Crippen molar-refractivity contribution in [3.63, 3.8) is 0 Å². The summed E-state index contributed by atoms with van der Waals surface area (Å²) in [6.45, 7) is 1.13. The van der Waals surface area contributed by atoms with Gasteiger partial charge in [-0.15, -0.1) is 0 Å². The van der Waals surface area contributed by atoms with Crippen LogP contribution in [0.4, 0.5) is 5.13 Å². The minimum atomic E-state index is -0.426. The van der Waals surface area contributed by atoms with E-state index in [2.05, 4.69) is 10.3 Å². The van der Waals surface area contributed by atoms with Gasteiger partial charge in [0, 0.05) is 23.4 Å². The molecule has 0 saturated heterocycles. The smallest absolute Gasteiger partial charge is 0.254 e. The standard InChI is InChI=1S/C27H23N3O2S/c31-25(24(19-10-4-1-5-11-19)20-12-6-2-7-13-20)29-27-28-22-16-17-30(18-23(22)33-27)26(32)21-14-8-3-9-15-21/h1-15,24H,16-18H2,(H,28,29,31). The molecule has 2 heterocycles. The predicted octanol–water partition coefficient (Wildman–Crippen LogP) is 5.11. The van der Waals surface area contributed by atoms with Gasteiger partial charge in [-0.05, 0) is 23.3 Å². The van der Waals surface area contributed by atoms with E-state index in [0.717, 1.165) is 21.7 Å². The zero-order chi connectivity index (χ0) is 22.6. The summed E-state index contributed by atoms with van der Waals surface area (Å²) < 4.78 is 0. The molecule has 1 aliphatic rings. The number of carbonyl (C=O) groups excluding carboxylic acids is 2. The van der Waals surface area contributed by atoms with Crippen molar-refractivity contribution in [2.75, 3.05) is 11.9 Å². The summed E-state index contributed by atoms with van der Waals surface area (Å²) in [5.41, 5.74) is 3.51. The molecule has 4 aromatic rings. The highest BCUT2D eigenvalue weighted by Gasteiger charge is 2.27. The SMILES string of the molecule is O=C(Nc1nc2c(s1)CN(C(=O)c1ccccc1)CC2)C(c1ccccc1)c1ccccc1. The van der Waals surface area contributed by atoms with Gasteiger partial charge >= 0.3 is 0 Å². The number of amides is 2. The van der Waals surface area contributed by atoms with E-state index in [1.807, 2.05) is 95.9 Å². The number of aromatic nitrogens is 1. The second-order valence-corrected chi connectivity index (χ2v) is 9.06. The topological polar surface area (TPSA) is 62.3 Å². The molecule has 0 radical (unpaired) electrons. The van der Waals surface area contributed by atoms with Crippen LogP contribution in [0.15, 0.2) is 91.0 Å². The Bertz CT molecular complexity index is 1220. The first-order chi connectivity index (χ1) is 16.2. The molecule has 0 unspecified atom stereocenters. The van der Waals surface area contributed by atoms with Crippen molar-refractivity contribution in [2.24, 2.45) is 0 Å². The molecule has 5 rings (SSSR count). The van der Waals surface area contributed by atoms with E-state index in [1.165, 1.54) is 11.3 Å². The number of fused-ring (bicyclic) bond motifs is 1. The normalized spacial score (nSPS) is 12.9. The Balaban J connectivity index is 1.35. The maximum Gasteiger partial charge on any atom is 0.254 e. The van der Waals surface area contributed by atoms with Gasteiger partial charge in [-0.25, -0.2) is 4.98 Å². The highest BCUT2D eigenvalue weighted by molar-refractivity contribution is 7.15. The van der Waals surface area contributed by atoms with Gasteiger partial charge in [0.05, 0.1) is 18.2 Å². The largest absolute Gasteiger partial charge is 0.333 e. The molecule has 0 fully saturated rings. The van der Waals surface area contributed by atoms with Crippen molar-refractivity contribution >= 4 is 28.3 Å². The Hall–Kier alpha value is -3.77. The Kier molecular flexibility index (Phi) is 6.00. The first-order valence-corrected chi connectivity index (χ1v) is 11.7. The van der Waals surface area contributed by atoms with Gasteiger partial charge < -0.3 is 10.2 Å². The van der Waals surface area contributed by atoms with Gasteiger partial charge in [0.25, 0.3) is 5.91 Å². The maximum absolute atomic E-state index is 13.4. The third kappa shape index (κ3) is 4.56. The van der Waals surface area contributed by atoms with Crippen molar-refractivity contribution in [1.29, 1.82) is 0 Å². The van der Waals surface area contributed by atoms with E-state index in [4.69, 9.17) is 0 Å². The zero-order valence-electron chi connectivity index (χ0n) is 18.0. The highest BCUT2D eigenvalue weighted by atomic mass is 32.1. The molecule has 0 aliphatic carbocycles. The molecule has 1 aliphatic heterocycles. The monoisotopic (exact) mass is 453 g/mol. The van der Waals surface area contributed by atoms with Gasteiger partial charge in [-0.3, -0.25) is 9.59 Å². The van der Waals surface area contributed by atoms with Gasteiger partial charge in [0.2, 0.25) is 5.91 Å². The lowest BCUT2D eigenvalue weighted by atomic mass is 9.90. The third-order valence-corrected chi connectivity index (χ3v) is 6.80. The number of nitrogens with one attached hydrogen (secondary N) is 1. The summed E-state index contributed by atoms with van der Waals surface area (Å²) in [6.07, 6.45) is 0.682. The number of thiazole rings is 1. The summed E-state index contributed by atoms with van der Waals surface area (Å²) in [5.74, 6) is -0.520. The van der Waals surface area contributed by atoms with E-state index in [9.17, 15) is 9.59 Å². The minimum Gasteiger partial charge on any atom is -0.333 e. The number of nitrogens with zero attached hydrogens (tertiary/aromatic N) is 2. The third-order valence-electron chi connectivity index (χ3n) is 5.80. The van der Waals surface area contributed by atoms with E-state index < -0.39 is 5.92 Å². The molecule has 5 nitrogen and oxygen atoms in total. The Morgan fingerprint density at radius 2 is 1.42 bits per heavy atom. The van der Waals surface area contributed by atoms with Crippen LogP contribution in [0, 0.1) is 0 Å². The first kappa shape index (κ1) is 21.1. The van der Waals surface area contributed by atoms with Crippen LogP contribution in [0.2, 0.25) is 0 Å². The van der Waals surface area contributed by atoms with Gasteiger partial charge in [0.15, 0.2) is 5.13 Å². The number of rotatable bonds is 5. The Morgan fingerprint density at radius 1 is 0.848 bits per heavy atom. The summed E-state index contributed by atoms with van der Waals surface area (Å²) in [7, 11) is 0. The van der Waals surface area contributed by atoms with E-state index in [-0.39, 0.29) is 11.8 Å². The van der Waals surface area contributed by atoms with Crippen LogP contribution in [0.5, 0.6) is 0 Å². The quantitative estimate of drug-likeness (QED) is 0.457. The van der Waals surface area contributed by atoms with Gasteiger partial charge in [-0.1, -0.05) is 90.2 Å². The Labute approximate surface area is 196 Å². The average molecular weight is 454 g/mol. The summed E-state index contributed by atoms with van der Waals surface area (Å²) in [4.78, 5) is 33.8. The van der Waals surface area contributed by atoms with Crippen LogP contribution in [-0.2, 0) is 17.8 Å². The summed E-state index contributed by atoms with van der Waals surface area (Å²) >= 11 is 1.45. The number of anilines is 1. The molecule has 1 aromatic heterocycles. The molecule has 3 aromatic carbocycles. The predicted molar refractivity (Wildman–Crippen MR) is 130 cm³/mol. The zero-order valence-corrected chi connectivity index (χ0v) is 18.8. The first-order valence-electron chi connectivity index (χ1n) is 10.9. The van der Waals surface area contributed by atoms with Crippen LogP contribution in [0.1, 0.15) is 38.0 Å². The summed E-state index contributed by atoms with van der Waals surface area (Å²) in [6, 6.07) is 28.9. The molecule has 1 N–H and O–H groups in total. The van der Waals surface area contributed by atoms with Crippen molar-refractivity contribution in [1.82, 2.24) is 9.88 Å².